The summed E-state index contributed by atoms with van der Waals surface area (Å²) in [6.45, 7) is 8.24. The van der Waals surface area contributed by atoms with Gasteiger partial charge in [0.05, 0.1) is 12.6 Å². The molecule has 0 saturated carbocycles. The lowest BCUT2D eigenvalue weighted by Gasteiger charge is -2.34. The van der Waals surface area contributed by atoms with Crippen LogP contribution in [0, 0.1) is 0 Å². The zero-order valence-electron chi connectivity index (χ0n) is 20.6. The Morgan fingerprint density at radius 1 is 1.21 bits per heavy atom. The number of carbonyl (C=O) groups excluding carboxylic acids is 1. The van der Waals surface area contributed by atoms with Crippen molar-refractivity contribution in [3.05, 3.63) is 35.4 Å². The zero-order chi connectivity index (χ0) is 23.2. The number of nitrogens with zero attached hydrogens (tertiary/aromatic N) is 3. The molecule has 1 heterocycles. The van der Waals surface area contributed by atoms with Crippen molar-refractivity contribution in [2.45, 2.75) is 38.8 Å². The molecule has 1 amide bonds. The Bertz CT molecular complexity index is 709. The fourth-order valence-corrected chi connectivity index (χ4v) is 3.59. The molecular weight excluding hydrogens is 533 g/mol. The van der Waals surface area contributed by atoms with Gasteiger partial charge in [-0.2, -0.15) is 0 Å². The minimum atomic E-state index is -0.0443. The van der Waals surface area contributed by atoms with Crippen LogP contribution in [0.25, 0.3) is 0 Å². The number of likely N-dealkylation sites (tertiary alicyclic amines) is 1. The molecule has 0 atom stereocenters. The third-order valence-corrected chi connectivity index (χ3v) is 5.37. The Kier molecular flexibility index (Phi) is 15.3. The van der Waals surface area contributed by atoms with Crippen LogP contribution in [0.15, 0.2) is 29.3 Å². The number of guanidine groups is 1. The lowest BCUT2D eigenvalue weighted by atomic mass is 10.1. The van der Waals surface area contributed by atoms with E-state index in [1.165, 1.54) is 0 Å². The molecule has 1 saturated heterocycles. The van der Waals surface area contributed by atoms with Gasteiger partial charge >= 0.3 is 0 Å². The standard InChI is InChI=1S/C24H41N5O3.HI/c1-5-25-24(29-13-10-22(11-14-29)32-17-7-16-31-4)27-19-20-8-6-9-21(18-20)23(30)26-12-15-28(2)3;/h6,8-9,18,22H,5,7,10-17,19H2,1-4H3,(H,25,27)(H,26,30);1H. The second-order valence-electron chi connectivity index (χ2n) is 8.33. The number of hydrogen-bond acceptors (Lipinski definition) is 5. The highest BCUT2D eigenvalue weighted by molar-refractivity contribution is 14.0. The number of piperidine rings is 1. The molecule has 0 aromatic heterocycles. The molecule has 188 valence electrons. The maximum Gasteiger partial charge on any atom is 0.251 e. The molecule has 0 aliphatic carbocycles. The predicted molar refractivity (Wildman–Crippen MR) is 145 cm³/mol. The highest BCUT2D eigenvalue weighted by atomic mass is 127. The average Bonchev–Trinajstić information content (AvgIpc) is 2.80. The van der Waals surface area contributed by atoms with Crippen LogP contribution in [0.4, 0.5) is 0 Å². The molecule has 2 N–H and O–H groups in total. The number of hydrogen-bond donors (Lipinski definition) is 2. The topological polar surface area (TPSA) is 78.4 Å². The molecule has 1 aliphatic rings. The van der Waals surface area contributed by atoms with Crippen LogP contribution in [0.2, 0.25) is 0 Å². The van der Waals surface area contributed by atoms with Crippen molar-refractivity contribution < 1.29 is 14.3 Å². The first-order valence-electron chi connectivity index (χ1n) is 11.7. The number of amides is 1. The molecule has 1 fully saturated rings. The quantitative estimate of drug-likeness (QED) is 0.173. The molecule has 0 bridgehead atoms. The molecule has 0 spiro atoms. The fourth-order valence-electron chi connectivity index (χ4n) is 3.59. The summed E-state index contributed by atoms with van der Waals surface area (Å²) in [6.07, 6.45) is 3.25. The summed E-state index contributed by atoms with van der Waals surface area (Å²) >= 11 is 0. The van der Waals surface area contributed by atoms with Crippen molar-refractivity contribution in [3.63, 3.8) is 0 Å². The molecule has 9 heteroatoms. The number of rotatable bonds is 12. The highest BCUT2D eigenvalue weighted by Crippen LogP contribution is 2.15. The van der Waals surface area contributed by atoms with Gasteiger partial charge < -0.3 is 29.9 Å². The first kappa shape index (κ1) is 29.6. The van der Waals surface area contributed by atoms with Crippen molar-refractivity contribution >= 4 is 35.8 Å². The van der Waals surface area contributed by atoms with Crippen LogP contribution in [-0.4, -0.2) is 94.9 Å². The van der Waals surface area contributed by atoms with Gasteiger partial charge in [-0.15, -0.1) is 24.0 Å². The first-order chi connectivity index (χ1) is 15.5. The predicted octanol–water partition coefficient (Wildman–Crippen LogP) is 2.58. The van der Waals surface area contributed by atoms with E-state index >= 15 is 0 Å². The zero-order valence-corrected chi connectivity index (χ0v) is 23.0. The van der Waals surface area contributed by atoms with Gasteiger partial charge in [-0.3, -0.25) is 4.79 Å². The SMILES string of the molecule is CCNC(=NCc1cccc(C(=O)NCCN(C)C)c1)N1CCC(OCCCOC)CC1.I. The van der Waals surface area contributed by atoms with Crippen molar-refractivity contribution in [1.82, 2.24) is 20.4 Å². The summed E-state index contributed by atoms with van der Waals surface area (Å²) in [5.74, 6) is 0.878. The van der Waals surface area contributed by atoms with E-state index in [1.807, 2.05) is 43.3 Å². The van der Waals surface area contributed by atoms with Gasteiger partial charge in [-0.05, 0) is 58.0 Å². The number of likely N-dealkylation sites (N-methyl/N-ethyl adjacent to an activating group) is 1. The van der Waals surface area contributed by atoms with Gasteiger partial charge in [0.25, 0.3) is 5.91 Å². The van der Waals surface area contributed by atoms with Crippen LogP contribution in [0.3, 0.4) is 0 Å². The number of benzene rings is 1. The molecule has 8 nitrogen and oxygen atoms in total. The highest BCUT2D eigenvalue weighted by Gasteiger charge is 2.21. The molecule has 1 aromatic rings. The van der Waals surface area contributed by atoms with Gasteiger partial charge in [0.15, 0.2) is 5.96 Å². The molecule has 2 rings (SSSR count). The number of halogens is 1. The summed E-state index contributed by atoms with van der Waals surface area (Å²) in [5.41, 5.74) is 1.70. The summed E-state index contributed by atoms with van der Waals surface area (Å²) in [6, 6.07) is 7.72. The van der Waals surface area contributed by atoms with E-state index in [1.54, 1.807) is 7.11 Å². The van der Waals surface area contributed by atoms with E-state index in [-0.39, 0.29) is 29.9 Å². The minimum absolute atomic E-state index is 0. The number of carbonyl (C=O) groups is 1. The molecular formula is C24H42IN5O3. The van der Waals surface area contributed by atoms with Crippen molar-refractivity contribution in [1.29, 1.82) is 0 Å². The van der Waals surface area contributed by atoms with Gasteiger partial charge in [0, 0.05) is 58.6 Å². The number of aliphatic imine (C=N–C) groups is 1. The summed E-state index contributed by atoms with van der Waals surface area (Å²) in [4.78, 5) is 21.6. The molecule has 33 heavy (non-hydrogen) atoms. The largest absolute Gasteiger partial charge is 0.385 e. The third kappa shape index (κ3) is 11.5. The van der Waals surface area contributed by atoms with Crippen LogP contribution in [-0.2, 0) is 16.0 Å². The Morgan fingerprint density at radius 3 is 2.64 bits per heavy atom. The van der Waals surface area contributed by atoms with Crippen molar-refractivity contribution in [2.24, 2.45) is 4.99 Å². The lowest BCUT2D eigenvalue weighted by molar-refractivity contribution is 0.00990. The average molecular weight is 576 g/mol. The van der Waals surface area contributed by atoms with E-state index in [4.69, 9.17) is 14.5 Å². The van der Waals surface area contributed by atoms with Crippen molar-refractivity contribution in [2.75, 3.05) is 67.1 Å². The Labute approximate surface area is 216 Å². The third-order valence-electron chi connectivity index (χ3n) is 5.37. The normalized spacial score (nSPS) is 14.8. The second-order valence-corrected chi connectivity index (χ2v) is 8.33. The molecule has 0 unspecified atom stereocenters. The lowest BCUT2D eigenvalue weighted by Crippen LogP contribution is -2.47. The first-order valence-corrected chi connectivity index (χ1v) is 11.7. The summed E-state index contributed by atoms with van der Waals surface area (Å²) < 4.78 is 11.1. The summed E-state index contributed by atoms with van der Waals surface area (Å²) in [5, 5.41) is 6.37. The van der Waals surface area contributed by atoms with E-state index < -0.39 is 0 Å². The Hall–Kier alpha value is -1.43. The van der Waals surface area contributed by atoms with Gasteiger partial charge in [-0.25, -0.2) is 4.99 Å². The van der Waals surface area contributed by atoms with E-state index in [9.17, 15) is 4.79 Å². The van der Waals surface area contributed by atoms with Crippen molar-refractivity contribution in [3.8, 4) is 0 Å². The molecule has 1 aliphatic heterocycles. The number of ether oxygens (including phenoxy) is 2. The second kappa shape index (κ2) is 17.1. The molecule has 1 aromatic carbocycles. The van der Waals surface area contributed by atoms with Crippen LogP contribution < -0.4 is 10.6 Å². The maximum absolute atomic E-state index is 12.4. The van der Waals surface area contributed by atoms with Crippen LogP contribution in [0.5, 0.6) is 0 Å². The number of nitrogens with one attached hydrogen (secondary N) is 2. The number of methoxy groups -OCH3 is 1. The van der Waals surface area contributed by atoms with Crippen LogP contribution in [0.1, 0.15) is 42.1 Å². The van der Waals surface area contributed by atoms with Crippen LogP contribution >= 0.6 is 24.0 Å². The summed E-state index contributed by atoms with van der Waals surface area (Å²) in [7, 11) is 5.70. The minimum Gasteiger partial charge on any atom is -0.385 e. The van der Waals surface area contributed by atoms with Gasteiger partial charge in [-0.1, -0.05) is 12.1 Å². The monoisotopic (exact) mass is 575 g/mol. The van der Waals surface area contributed by atoms with E-state index in [0.29, 0.717) is 24.8 Å². The fraction of sp³-hybridized carbons (Fsp3) is 0.667. The Balaban J connectivity index is 0.00000544. The van der Waals surface area contributed by atoms with E-state index in [0.717, 1.165) is 70.2 Å². The molecule has 0 radical (unpaired) electrons. The Morgan fingerprint density at radius 2 is 1.97 bits per heavy atom. The smallest absolute Gasteiger partial charge is 0.251 e. The van der Waals surface area contributed by atoms with Gasteiger partial charge in [0.2, 0.25) is 0 Å². The maximum atomic E-state index is 12.4. The van der Waals surface area contributed by atoms with Gasteiger partial charge in [0.1, 0.15) is 0 Å². The van der Waals surface area contributed by atoms with E-state index in [2.05, 4.69) is 22.5 Å².